The lowest BCUT2D eigenvalue weighted by Gasteiger charge is -2.25. The second-order valence-electron chi connectivity index (χ2n) is 4.25. The first-order chi connectivity index (χ1) is 8.54. The summed E-state index contributed by atoms with van der Waals surface area (Å²) < 4.78 is 0. The van der Waals surface area contributed by atoms with Gasteiger partial charge in [0.05, 0.1) is 11.3 Å². The average Bonchev–Trinajstić information content (AvgIpc) is 2.33. The van der Waals surface area contributed by atoms with Crippen LogP contribution in [0.2, 0.25) is 0 Å². The molecule has 18 heavy (non-hydrogen) atoms. The largest absolute Gasteiger partial charge is 0.480 e. The molecule has 0 spiro atoms. The van der Waals surface area contributed by atoms with Crippen molar-refractivity contribution in [1.29, 1.82) is 5.26 Å². The van der Waals surface area contributed by atoms with Crippen LogP contribution in [0, 0.1) is 11.3 Å². The lowest BCUT2D eigenvalue weighted by atomic mass is 10.1. The first kappa shape index (κ1) is 14.0. The number of nitrogens with zero attached hydrogens (tertiary/aromatic N) is 3. The van der Waals surface area contributed by atoms with Gasteiger partial charge in [-0.25, -0.2) is 0 Å². The van der Waals surface area contributed by atoms with E-state index in [1.807, 2.05) is 19.0 Å². The summed E-state index contributed by atoms with van der Waals surface area (Å²) in [6.07, 6.45) is 0. The topological polar surface area (TPSA) is 67.6 Å². The Balaban J connectivity index is 2.94. The van der Waals surface area contributed by atoms with Crippen molar-refractivity contribution in [3.05, 3.63) is 29.8 Å². The van der Waals surface area contributed by atoms with Crippen molar-refractivity contribution in [2.45, 2.75) is 0 Å². The van der Waals surface area contributed by atoms with Crippen molar-refractivity contribution in [3.8, 4) is 6.07 Å². The molecule has 1 N–H and O–H groups in total. The maximum absolute atomic E-state index is 10.9. The molecular weight excluding hydrogens is 230 g/mol. The number of anilines is 1. The van der Waals surface area contributed by atoms with Gasteiger partial charge in [-0.3, -0.25) is 4.79 Å². The fourth-order valence-electron chi connectivity index (χ4n) is 1.61. The van der Waals surface area contributed by atoms with Crippen LogP contribution >= 0.6 is 0 Å². The summed E-state index contributed by atoms with van der Waals surface area (Å²) in [7, 11) is 3.85. The average molecular weight is 247 g/mol. The van der Waals surface area contributed by atoms with Crippen LogP contribution in [-0.4, -0.2) is 49.7 Å². The standard InChI is InChI=1S/C13H17N3O2/c1-15(2)7-8-16(10-13(17)18)12-6-4-3-5-11(12)9-14/h3-6H,7-8,10H2,1-2H3,(H,17,18). The molecule has 0 aliphatic rings. The van der Waals surface area contributed by atoms with E-state index in [-0.39, 0.29) is 6.54 Å². The molecule has 1 aromatic carbocycles. The number of rotatable bonds is 6. The van der Waals surface area contributed by atoms with Gasteiger partial charge in [0.25, 0.3) is 0 Å². The molecule has 0 saturated carbocycles. The quantitative estimate of drug-likeness (QED) is 0.812. The van der Waals surface area contributed by atoms with Gasteiger partial charge < -0.3 is 14.9 Å². The number of para-hydroxylation sites is 1. The van der Waals surface area contributed by atoms with E-state index in [1.54, 1.807) is 29.2 Å². The Labute approximate surface area is 107 Å². The molecule has 0 unspecified atom stereocenters. The molecule has 0 saturated heterocycles. The number of carboxylic acids is 1. The van der Waals surface area contributed by atoms with E-state index in [9.17, 15) is 4.79 Å². The highest BCUT2D eigenvalue weighted by molar-refractivity contribution is 5.75. The molecule has 0 radical (unpaired) electrons. The van der Waals surface area contributed by atoms with Gasteiger partial charge >= 0.3 is 5.97 Å². The van der Waals surface area contributed by atoms with Gasteiger partial charge in [0, 0.05) is 13.1 Å². The molecule has 1 rings (SSSR count). The maximum Gasteiger partial charge on any atom is 0.323 e. The first-order valence-electron chi connectivity index (χ1n) is 5.65. The number of nitriles is 1. The number of aliphatic carboxylic acids is 1. The molecule has 5 nitrogen and oxygen atoms in total. The zero-order valence-corrected chi connectivity index (χ0v) is 10.6. The van der Waals surface area contributed by atoms with E-state index in [0.717, 1.165) is 6.54 Å². The zero-order chi connectivity index (χ0) is 13.5. The fourth-order valence-corrected chi connectivity index (χ4v) is 1.61. The maximum atomic E-state index is 10.9. The summed E-state index contributed by atoms with van der Waals surface area (Å²) in [6.45, 7) is 1.19. The van der Waals surface area contributed by atoms with Crippen molar-refractivity contribution in [2.75, 3.05) is 38.6 Å². The second-order valence-corrected chi connectivity index (χ2v) is 4.25. The van der Waals surface area contributed by atoms with E-state index in [1.165, 1.54) is 0 Å². The predicted octanol–water partition coefficient (Wildman–Crippen LogP) is 1.01. The number of carbonyl (C=O) groups is 1. The van der Waals surface area contributed by atoms with E-state index >= 15 is 0 Å². The van der Waals surface area contributed by atoms with E-state index in [0.29, 0.717) is 17.8 Å². The smallest absolute Gasteiger partial charge is 0.323 e. The number of likely N-dealkylation sites (N-methyl/N-ethyl adjacent to an activating group) is 1. The summed E-state index contributed by atoms with van der Waals surface area (Å²) in [5.41, 5.74) is 1.17. The van der Waals surface area contributed by atoms with Crippen LogP contribution in [0.5, 0.6) is 0 Å². The van der Waals surface area contributed by atoms with Crippen molar-refractivity contribution < 1.29 is 9.90 Å². The Morgan fingerprint density at radius 1 is 1.33 bits per heavy atom. The Kier molecular flexibility index (Phi) is 5.15. The molecule has 0 bridgehead atoms. The molecule has 0 atom stereocenters. The highest BCUT2D eigenvalue weighted by atomic mass is 16.4. The molecule has 0 aliphatic carbocycles. The van der Waals surface area contributed by atoms with Crippen LogP contribution in [0.15, 0.2) is 24.3 Å². The van der Waals surface area contributed by atoms with Gasteiger partial charge in [0.1, 0.15) is 12.6 Å². The molecule has 0 heterocycles. The number of carboxylic acid groups (broad SMARTS) is 1. The molecule has 0 fully saturated rings. The summed E-state index contributed by atoms with van der Waals surface area (Å²) in [5.74, 6) is -0.901. The minimum Gasteiger partial charge on any atom is -0.480 e. The Morgan fingerprint density at radius 3 is 2.56 bits per heavy atom. The van der Waals surface area contributed by atoms with E-state index in [2.05, 4.69) is 6.07 Å². The first-order valence-corrected chi connectivity index (χ1v) is 5.65. The highest BCUT2D eigenvalue weighted by Crippen LogP contribution is 2.19. The third kappa shape index (κ3) is 4.07. The SMILES string of the molecule is CN(C)CCN(CC(=O)O)c1ccccc1C#N. The molecule has 0 aromatic heterocycles. The minimum atomic E-state index is -0.901. The van der Waals surface area contributed by atoms with Gasteiger partial charge in [0.2, 0.25) is 0 Å². The fraction of sp³-hybridized carbons (Fsp3) is 0.385. The van der Waals surface area contributed by atoms with Crippen molar-refractivity contribution >= 4 is 11.7 Å². The molecular formula is C13H17N3O2. The highest BCUT2D eigenvalue weighted by Gasteiger charge is 2.14. The van der Waals surface area contributed by atoms with Crippen LogP contribution in [-0.2, 0) is 4.79 Å². The molecule has 96 valence electrons. The van der Waals surface area contributed by atoms with Crippen LogP contribution < -0.4 is 4.90 Å². The van der Waals surface area contributed by atoms with Crippen molar-refractivity contribution in [1.82, 2.24) is 4.90 Å². The van der Waals surface area contributed by atoms with Crippen LogP contribution in [0.1, 0.15) is 5.56 Å². The zero-order valence-electron chi connectivity index (χ0n) is 10.6. The molecule has 1 aromatic rings. The van der Waals surface area contributed by atoms with E-state index < -0.39 is 5.97 Å². The van der Waals surface area contributed by atoms with E-state index in [4.69, 9.17) is 10.4 Å². The molecule has 0 amide bonds. The number of hydrogen-bond donors (Lipinski definition) is 1. The normalized spacial score (nSPS) is 10.1. The molecule has 5 heteroatoms. The Hall–Kier alpha value is -2.06. The van der Waals surface area contributed by atoms with Crippen LogP contribution in [0.25, 0.3) is 0 Å². The number of hydrogen-bond acceptors (Lipinski definition) is 4. The lowest BCUT2D eigenvalue weighted by Crippen LogP contribution is -2.36. The monoisotopic (exact) mass is 247 g/mol. The van der Waals surface area contributed by atoms with Gasteiger partial charge in [0.15, 0.2) is 0 Å². The van der Waals surface area contributed by atoms with Crippen LogP contribution in [0.4, 0.5) is 5.69 Å². The van der Waals surface area contributed by atoms with Gasteiger partial charge in [-0.2, -0.15) is 5.26 Å². The summed E-state index contributed by atoms with van der Waals surface area (Å²) in [4.78, 5) is 14.6. The van der Waals surface area contributed by atoms with Gasteiger partial charge in [-0.05, 0) is 26.2 Å². The predicted molar refractivity (Wildman–Crippen MR) is 69.6 cm³/mol. The van der Waals surface area contributed by atoms with Crippen molar-refractivity contribution in [2.24, 2.45) is 0 Å². The number of benzene rings is 1. The lowest BCUT2D eigenvalue weighted by molar-refractivity contribution is -0.135. The third-order valence-corrected chi connectivity index (χ3v) is 2.51. The third-order valence-electron chi connectivity index (χ3n) is 2.51. The van der Waals surface area contributed by atoms with Gasteiger partial charge in [-0.15, -0.1) is 0 Å². The Bertz CT molecular complexity index is 452. The Morgan fingerprint density at radius 2 is 2.00 bits per heavy atom. The second kappa shape index (κ2) is 6.62. The summed E-state index contributed by atoms with van der Waals surface area (Å²) >= 11 is 0. The van der Waals surface area contributed by atoms with Crippen molar-refractivity contribution in [3.63, 3.8) is 0 Å². The summed E-state index contributed by atoms with van der Waals surface area (Å²) in [6, 6.07) is 9.13. The minimum absolute atomic E-state index is 0.105. The molecule has 0 aliphatic heterocycles. The van der Waals surface area contributed by atoms with Crippen LogP contribution in [0.3, 0.4) is 0 Å². The summed E-state index contributed by atoms with van der Waals surface area (Å²) in [5, 5.41) is 18.0. The van der Waals surface area contributed by atoms with Gasteiger partial charge in [-0.1, -0.05) is 12.1 Å².